The molecule has 118 valence electrons. The van der Waals surface area contributed by atoms with Crippen LogP contribution < -0.4 is 14.8 Å². The van der Waals surface area contributed by atoms with Gasteiger partial charge in [0.15, 0.2) is 11.5 Å². The Morgan fingerprint density at radius 3 is 2.77 bits per heavy atom. The molecule has 0 aliphatic carbocycles. The van der Waals surface area contributed by atoms with Gasteiger partial charge in [0.2, 0.25) is 0 Å². The Hall–Kier alpha value is -2.21. The first-order chi connectivity index (χ1) is 10.5. The maximum Gasteiger partial charge on any atom is 0.251 e. The van der Waals surface area contributed by atoms with E-state index in [-0.39, 0.29) is 11.9 Å². The predicted octanol–water partition coefficient (Wildman–Crippen LogP) is 2.37. The number of benzene rings is 1. The second kappa shape index (κ2) is 7.17. The molecule has 1 heterocycles. The lowest BCUT2D eigenvalue weighted by atomic mass is 10.1. The van der Waals surface area contributed by atoms with Gasteiger partial charge < -0.3 is 19.4 Å². The average molecular weight is 324 g/mol. The third-order valence-electron chi connectivity index (χ3n) is 3.12. The summed E-state index contributed by atoms with van der Waals surface area (Å²) in [6.07, 6.45) is 5.24. The molecule has 2 rings (SSSR count). The van der Waals surface area contributed by atoms with Gasteiger partial charge in [-0.25, -0.2) is 4.98 Å². The summed E-state index contributed by atoms with van der Waals surface area (Å²) in [4.78, 5) is 16.3. The van der Waals surface area contributed by atoms with Crippen molar-refractivity contribution in [3.05, 3.63) is 41.4 Å². The molecule has 2 aromatic rings. The average Bonchev–Trinajstić information content (AvgIpc) is 2.98. The summed E-state index contributed by atoms with van der Waals surface area (Å²) in [7, 11) is 2.99. The molecule has 0 unspecified atom stereocenters. The monoisotopic (exact) mass is 323 g/mol. The molecule has 0 saturated heterocycles. The molecule has 0 fully saturated rings. The van der Waals surface area contributed by atoms with Crippen LogP contribution in [0.3, 0.4) is 0 Å². The number of hydrogen-bond acceptors (Lipinski definition) is 4. The number of rotatable bonds is 6. The fourth-order valence-corrected chi connectivity index (χ4v) is 2.40. The molecule has 6 nitrogen and oxygen atoms in total. The van der Waals surface area contributed by atoms with Crippen molar-refractivity contribution in [2.45, 2.75) is 19.5 Å². The van der Waals surface area contributed by atoms with Crippen LogP contribution in [0.1, 0.15) is 17.3 Å². The Morgan fingerprint density at radius 2 is 2.18 bits per heavy atom. The topological polar surface area (TPSA) is 65.4 Å². The Balaban J connectivity index is 2.10. The first-order valence-electron chi connectivity index (χ1n) is 6.73. The number of nitrogens with zero attached hydrogens (tertiary/aromatic N) is 2. The lowest BCUT2D eigenvalue weighted by molar-refractivity contribution is 0.0936. The summed E-state index contributed by atoms with van der Waals surface area (Å²) in [6, 6.07) is 3.10. The van der Waals surface area contributed by atoms with Crippen LogP contribution in [-0.4, -0.2) is 35.7 Å². The van der Waals surface area contributed by atoms with E-state index in [0.717, 1.165) is 0 Å². The van der Waals surface area contributed by atoms with Crippen molar-refractivity contribution in [1.82, 2.24) is 14.9 Å². The van der Waals surface area contributed by atoms with Crippen LogP contribution in [0.15, 0.2) is 30.9 Å². The van der Waals surface area contributed by atoms with Crippen LogP contribution in [0.25, 0.3) is 0 Å². The van der Waals surface area contributed by atoms with E-state index < -0.39 is 0 Å². The highest BCUT2D eigenvalue weighted by molar-refractivity contribution is 6.32. The van der Waals surface area contributed by atoms with E-state index in [1.165, 1.54) is 14.2 Å². The minimum Gasteiger partial charge on any atom is -0.493 e. The van der Waals surface area contributed by atoms with E-state index in [4.69, 9.17) is 21.1 Å². The van der Waals surface area contributed by atoms with E-state index in [0.29, 0.717) is 28.6 Å². The Morgan fingerprint density at radius 1 is 1.41 bits per heavy atom. The molecular formula is C15H18ClN3O3. The van der Waals surface area contributed by atoms with Crippen molar-refractivity contribution < 1.29 is 14.3 Å². The van der Waals surface area contributed by atoms with Gasteiger partial charge in [0.1, 0.15) is 0 Å². The number of carbonyl (C=O) groups is 1. The highest BCUT2D eigenvalue weighted by Gasteiger charge is 2.16. The third kappa shape index (κ3) is 3.71. The molecule has 0 bridgehead atoms. The van der Waals surface area contributed by atoms with Crippen molar-refractivity contribution in [3.8, 4) is 11.5 Å². The quantitative estimate of drug-likeness (QED) is 0.886. The van der Waals surface area contributed by atoms with E-state index >= 15 is 0 Å². The van der Waals surface area contributed by atoms with Gasteiger partial charge >= 0.3 is 0 Å². The highest BCUT2D eigenvalue weighted by Crippen LogP contribution is 2.35. The lowest BCUT2D eigenvalue weighted by Crippen LogP contribution is -2.35. The van der Waals surface area contributed by atoms with Crippen LogP contribution in [0.2, 0.25) is 5.02 Å². The Kier molecular flexibility index (Phi) is 5.27. The molecule has 0 aliphatic heterocycles. The van der Waals surface area contributed by atoms with E-state index in [1.54, 1.807) is 24.7 Å². The molecule has 1 aromatic heterocycles. The number of ether oxygens (including phenoxy) is 2. The largest absolute Gasteiger partial charge is 0.493 e. The molecule has 22 heavy (non-hydrogen) atoms. The van der Waals surface area contributed by atoms with Gasteiger partial charge in [-0.2, -0.15) is 0 Å². The maximum absolute atomic E-state index is 12.3. The number of amides is 1. The fraction of sp³-hybridized carbons (Fsp3) is 0.333. The molecule has 7 heteroatoms. The summed E-state index contributed by atoms with van der Waals surface area (Å²) in [6.45, 7) is 2.55. The van der Waals surface area contributed by atoms with E-state index in [1.807, 2.05) is 17.7 Å². The number of carbonyl (C=O) groups excluding carboxylic acids is 1. The van der Waals surface area contributed by atoms with Gasteiger partial charge in [0, 0.05) is 30.5 Å². The Labute approximate surface area is 134 Å². The molecule has 1 N–H and O–H groups in total. The Bertz CT molecular complexity index is 644. The minimum absolute atomic E-state index is 0.0615. The molecule has 1 aromatic carbocycles. The standard InChI is InChI=1S/C15H18ClN3O3/c1-10(8-19-5-4-17-9-19)18-15(20)11-6-12(16)14(22-3)13(7-11)21-2/h4-7,9-10H,8H2,1-3H3,(H,18,20)/t10-/m1/s1. The second-order valence-corrected chi connectivity index (χ2v) is 5.23. The van der Waals surface area contributed by atoms with Gasteiger partial charge in [-0.05, 0) is 19.1 Å². The number of methoxy groups -OCH3 is 2. The van der Waals surface area contributed by atoms with Crippen molar-refractivity contribution in [3.63, 3.8) is 0 Å². The number of aromatic nitrogens is 2. The van der Waals surface area contributed by atoms with Crippen LogP contribution >= 0.6 is 11.6 Å². The van der Waals surface area contributed by atoms with Crippen molar-refractivity contribution in [2.75, 3.05) is 14.2 Å². The number of nitrogens with one attached hydrogen (secondary N) is 1. The first kappa shape index (κ1) is 16.2. The minimum atomic E-state index is -0.226. The number of hydrogen-bond donors (Lipinski definition) is 1. The van der Waals surface area contributed by atoms with E-state index in [2.05, 4.69) is 10.3 Å². The van der Waals surface area contributed by atoms with Crippen molar-refractivity contribution in [2.24, 2.45) is 0 Å². The molecule has 0 radical (unpaired) electrons. The lowest BCUT2D eigenvalue weighted by Gasteiger charge is -2.16. The van der Waals surface area contributed by atoms with Gasteiger partial charge in [0.25, 0.3) is 5.91 Å². The maximum atomic E-state index is 12.3. The van der Waals surface area contributed by atoms with Gasteiger partial charge in [-0.15, -0.1) is 0 Å². The molecule has 1 amide bonds. The fourth-order valence-electron chi connectivity index (χ4n) is 2.11. The number of imidazole rings is 1. The molecule has 0 saturated carbocycles. The molecular weight excluding hydrogens is 306 g/mol. The van der Waals surface area contributed by atoms with Gasteiger partial charge in [-0.1, -0.05) is 11.6 Å². The van der Waals surface area contributed by atoms with Gasteiger partial charge in [0.05, 0.1) is 25.6 Å². The second-order valence-electron chi connectivity index (χ2n) is 4.83. The summed E-state index contributed by atoms with van der Waals surface area (Å²) >= 11 is 6.11. The summed E-state index contributed by atoms with van der Waals surface area (Å²) < 4.78 is 12.2. The van der Waals surface area contributed by atoms with Crippen LogP contribution in [0, 0.1) is 0 Å². The third-order valence-corrected chi connectivity index (χ3v) is 3.40. The van der Waals surface area contributed by atoms with Crippen LogP contribution in [0.5, 0.6) is 11.5 Å². The van der Waals surface area contributed by atoms with E-state index in [9.17, 15) is 4.79 Å². The summed E-state index contributed by atoms with van der Waals surface area (Å²) in [5.74, 6) is 0.602. The zero-order valence-corrected chi connectivity index (χ0v) is 13.4. The SMILES string of the molecule is COc1cc(C(=O)N[C@H](C)Cn2ccnc2)cc(Cl)c1OC. The normalized spacial score (nSPS) is 11.8. The predicted molar refractivity (Wildman–Crippen MR) is 83.7 cm³/mol. The van der Waals surface area contributed by atoms with Crippen LogP contribution in [-0.2, 0) is 6.54 Å². The summed E-state index contributed by atoms with van der Waals surface area (Å²) in [5.41, 5.74) is 0.417. The summed E-state index contributed by atoms with van der Waals surface area (Å²) in [5, 5.41) is 3.24. The zero-order chi connectivity index (χ0) is 16.1. The number of halogens is 1. The smallest absolute Gasteiger partial charge is 0.251 e. The van der Waals surface area contributed by atoms with Crippen LogP contribution in [0.4, 0.5) is 0 Å². The highest BCUT2D eigenvalue weighted by atomic mass is 35.5. The molecule has 0 spiro atoms. The zero-order valence-electron chi connectivity index (χ0n) is 12.7. The molecule has 0 aliphatic rings. The first-order valence-corrected chi connectivity index (χ1v) is 7.11. The van der Waals surface area contributed by atoms with Gasteiger partial charge in [-0.3, -0.25) is 4.79 Å². The van der Waals surface area contributed by atoms with Crippen molar-refractivity contribution >= 4 is 17.5 Å². The molecule has 1 atom stereocenters. The van der Waals surface area contributed by atoms with Crippen molar-refractivity contribution in [1.29, 1.82) is 0 Å².